The van der Waals surface area contributed by atoms with E-state index in [0.717, 1.165) is 45.2 Å². The lowest BCUT2D eigenvalue weighted by molar-refractivity contribution is -0.123. The monoisotopic (exact) mass is 338 g/mol. The Labute approximate surface area is 148 Å². The van der Waals surface area contributed by atoms with Gasteiger partial charge in [-0.05, 0) is 55.8 Å². The number of nitrogens with one attached hydrogen (secondary N) is 2. The predicted octanol–water partition coefficient (Wildman–Crippen LogP) is 2.78. The number of hydrogen-bond acceptors (Lipinski definition) is 3. The molecule has 2 aromatic rings. The van der Waals surface area contributed by atoms with Crippen LogP contribution in [-0.4, -0.2) is 40.6 Å². The number of amides is 1. The zero-order chi connectivity index (χ0) is 17.1. The second-order valence-electron chi connectivity index (χ2n) is 7.30. The van der Waals surface area contributed by atoms with Crippen molar-refractivity contribution in [2.24, 2.45) is 0 Å². The van der Waals surface area contributed by atoms with Crippen molar-refractivity contribution in [1.82, 2.24) is 20.4 Å². The predicted molar refractivity (Wildman–Crippen MR) is 97.3 cm³/mol. The highest BCUT2D eigenvalue weighted by atomic mass is 16.2. The Bertz CT molecular complexity index is 712. The van der Waals surface area contributed by atoms with Crippen molar-refractivity contribution in [3.63, 3.8) is 0 Å². The van der Waals surface area contributed by atoms with Crippen LogP contribution in [0.1, 0.15) is 54.5 Å². The van der Waals surface area contributed by atoms with Gasteiger partial charge >= 0.3 is 0 Å². The number of hydrogen-bond donors (Lipinski definition) is 2. The highest BCUT2D eigenvalue weighted by Crippen LogP contribution is 2.29. The zero-order valence-electron chi connectivity index (χ0n) is 14.6. The third-order valence-electron chi connectivity index (χ3n) is 5.54. The number of likely N-dealkylation sites (tertiary alicyclic amines) is 1. The van der Waals surface area contributed by atoms with Crippen molar-refractivity contribution in [3.8, 4) is 0 Å². The van der Waals surface area contributed by atoms with Gasteiger partial charge in [-0.1, -0.05) is 24.3 Å². The second kappa shape index (κ2) is 7.40. The maximum Gasteiger partial charge on any atom is 0.234 e. The van der Waals surface area contributed by atoms with E-state index in [9.17, 15) is 4.79 Å². The number of benzene rings is 1. The molecular weight excluding hydrogens is 312 g/mol. The fourth-order valence-corrected chi connectivity index (χ4v) is 4.29. The molecule has 2 aliphatic rings. The number of aromatic nitrogens is 2. The Morgan fingerprint density at radius 3 is 3.04 bits per heavy atom. The van der Waals surface area contributed by atoms with Gasteiger partial charge in [-0.15, -0.1) is 0 Å². The molecule has 0 spiro atoms. The van der Waals surface area contributed by atoms with Gasteiger partial charge in [-0.2, -0.15) is 5.10 Å². The van der Waals surface area contributed by atoms with Crippen LogP contribution in [0.25, 0.3) is 0 Å². The van der Waals surface area contributed by atoms with Crippen LogP contribution < -0.4 is 5.32 Å². The number of piperidine rings is 1. The standard InChI is InChI=1S/C20H26N4O/c25-20(22-19-9-3-6-15-5-1-2-8-17(15)19)14-24-12-4-7-16(13-24)18-10-11-21-23-18/h1-2,5,8,10-11,16,19H,3-4,6-7,9,12-14H2,(H,21,23)(H,22,25)/t16-,19-/m1/s1. The SMILES string of the molecule is O=C(CN1CCC[C@@H](c2ccn[nH]2)C1)N[C@@H]1CCCc2ccccc21. The summed E-state index contributed by atoms with van der Waals surface area (Å²) < 4.78 is 0. The molecule has 0 bridgehead atoms. The van der Waals surface area contributed by atoms with Gasteiger partial charge in [0.2, 0.25) is 5.91 Å². The van der Waals surface area contributed by atoms with Crippen molar-refractivity contribution < 1.29 is 4.79 Å². The first-order valence-corrected chi connectivity index (χ1v) is 9.38. The van der Waals surface area contributed by atoms with Gasteiger partial charge in [-0.25, -0.2) is 0 Å². The molecule has 1 saturated heterocycles. The molecule has 1 aliphatic carbocycles. The van der Waals surface area contributed by atoms with Crippen molar-refractivity contribution in [1.29, 1.82) is 0 Å². The van der Waals surface area contributed by atoms with E-state index < -0.39 is 0 Å². The number of rotatable bonds is 4. The number of aryl methyl sites for hydroxylation is 1. The number of carbonyl (C=O) groups is 1. The van der Waals surface area contributed by atoms with Gasteiger partial charge in [0, 0.05) is 24.4 Å². The first kappa shape index (κ1) is 16.3. The van der Waals surface area contributed by atoms with Crippen LogP contribution in [0.3, 0.4) is 0 Å². The molecule has 1 aromatic heterocycles. The lowest BCUT2D eigenvalue weighted by Gasteiger charge is -2.32. The first-order chi connectivity index (χ1) is 12.3. The topological polar surface area (TPSA) is 61.0 Å². The molecule has 25 heavy (non-hydrogen) atoms. The van der Waals surface area contributed by atoms with E-state index in [1.807, 2.05) is 12.3 Å². The van der Waals surface area contributed by atoms with E-state index >= 15 is 0 Å². The smallest absolute Gasteiger partial charge is 0.234 e. The van der Waals surface area contributed by atoms with Crippen molar-refractivity contribution >= 4 is 5.91 Å². The maximum atomic E-state index is 12.6. The van der Waals surface area contributed by atoms with Crippen LogP contribution in [-0.2, 0) is 11.2 Å². The van der Waals surface area contributed by atoms with Gasteiger partial charge in [0.25, 0.3) is 0 Å². The minimum atomic E-state index is 0.145. The van der Waals surface area contributed by atoms with E-state index in [1.54, 1.807) is 0 Å². The lowest BCUT2D eigenvalue weighted by atomic mass is 9.88. The Hall–Kier alpha value is -2.14. The van der Waals surface area contributed by atoms with Gasteiger partial charge in [-0.3, -0.25) is 14.8 Å². The summed E-state index contributed by atoms with van der Waals surface area (Å²) in [7, 11) is 0. The van der Waals surface area contributed by atoms with E-state index in [0.29, 0.717) is 12.5 Å². The molecular formula is C20H26N4O. The van der Waals surface area contributed by atoms with E-state index in [-0.39, 0.29) is 11.9 Å². The van der Waals surface area contributed by atoms with Crippen LogP contribution in [0.15, 0.2) is 36.5 Å². The Morgan fingerprint density at radius 1 is 1.24 bits per heavy atom. The summed E-state index contributed by atoms with van der Waals surface area (Å²) in [5, 5.41) is 10.4. The number of carbonyl (C=O) groups excluding carboxylic acids is 1. The molecule has 5 heteroatoms. The van der Waals surface area contributed by atoms with Gasteiger partial charge in [0.1, 0.15) is 0 Å². The molecule has 1 amide bonds. The molecule has 0 saturated carbocycles. The van der Waals surface area contributed by atoms with Gasteiger partial charge < -0.3 is 5.32 Å². The minimum absolute atomic E-state index is 0.145. The molecule has 1 fully saturated rings. The molecule has 0 radical (unpaired) electrons. The average Bonchev–Trinajstić information content (AvgIpc) is 3.17. The molecule has 1 aromatic carbocycles. The fourth-order valence-electron chi connectivity index (χ4n) is 4.29. The highest BCUT2D eigenvalue weighted by molar-refractivity contribution is 5.78. The molecule has 0 unspecified atom stereocenters. The lowest BCUT2D eigenvalue weighted by Crippen LogP contribution is -2.43. The summed E-state index contributed by atoms with van der Waals surface area (Å²) in [5.41, 5.74) is 3.87. The summed E-state index contributed by atoms with van der Waals surface area (Å²) in [6, 6.07) is 10.7. The first-order valence-electron chi connectivity index (χ1n) is 9.38. The van der Waals surface area contributed by atoms with Crippen molar-refractivity contribution in [2.45, 2.75) is 44.1 Å². The second-order valence-corrected chi connectivity index (χ2v) is 7.30. The highest BCUT2D eigenvalue weighted by Gasteiger charge is 2.26. The van der Waals surface area contributed by atoms with E-state index in [1.165, 1.54) is 16.8 Å². The van der Waals surface area contributed by atoms with Crippen LogP contribution >= 0.6 is 0 Å². The minimum Gasteiger partial charge on any atom is -0.348 e. The molecule has 4 rings (SSSR count). The maximum absolute atomic E-state index is 12.6. The van der Waals surface area contributed by atoms with Crippen LogP contribution in [0.2, 0.25) is 0 Å². The van der Waals surface area contributed by atoms with E-state index in [4.69, 9.17) is 0 Å². The summed E-state index contributed by atoms with van der Waals surface area (Å²) in [4.78, 5) is 14.9. The van der Waals surface area contributed by atoms with Gasteiger partial charge in [0.15, 0.2) is 0 Å². The average molecular weight is 338 g/mol. The Kier molecular flexibility index (Phi) is 4.83. The zero-order valence-corrected chi connectivity index (χ0v) is 14.6. The summed E-state index contributed by atoms with van der Waals surface area (Å²) >= 11 is 0. The Morgan fingerprint density at radius 2 is 2.16 bits per heavy atom. The van der Waals surface area contributed by atoms with Crippen molar-refractivity contribution in [3.05, 3.63) is 53.3 Å². The normalized spacial score (nSPS) is 23.8. The summed E-state index contributed by atoms with van der Waals surface area (Å²) in [5.74, 6) is 0.603. The summed E-state index contributed by atoms with van der Waals surface area (Å²) in [6.45, 7) is 2.42. The third-order valence-corrected chi connectivity index (χ3v) is 5.54. The number of aromatic amines is 1. The third kappa shape index (κ3) is 3.76. The fraction of sp³-hybridized carbons (Fsp3) is 0.500. The number of H-pyrrole nitrogens is 1. The molecule has 1 aliphatic heterocycles. The number of nitrogens with zero attached hydrogens (tertiary/aromatic N) is 2. The molecule has 132 valence electrons. The largest absolute Gasteiger partial charge is 0.348 e. The Balaban J connectivity index is 1.35. The van der Waals surface area contributed by atoms with Crippen LogP contribution in [0.4, 0.5) is 0 Å². The number of fused-ring (bicyclic) bond motifs is 1. The summed E-state index contributed by atoms with van der Waals surface area (Å²) in [6.07, 6.45) is 7.41. The van der Waals surface area contributed by atoms with Crippen LogP contribution in [0, 0.1) is 0 Å². The van der Waals surface area contributed by atoms with E-state index in [2.05, 4.69) is 44.7 Å². The molecule has 2 N–H and O–H groups in total. The molecule has 5 nitrogen and oxygen atoms in total. The van der Waals surface area contributed by atoms with Crippen molar-refractivity contribution in [2.75, 3.05) is 19.6 Å². The van der Waals surface area contributed by atoms with Crippen LogP contribution in [0.5, 0.6) is 0 Å². The molecule has 2 heterocycles. The van der Waals surface area contributed by atoms with Gasteiger partial charge in [0.05, 0.1) is 12.6 Å². The quantitative estimate of drug-likeness (QED) is 0.901. The molecule has 2 atom stereocenters.